The van der Waals surface area contributed by atoms with Gasteiger partial charge in [0.05, 0.1) is 5.92 Å². The van der Waals surface area contributed by atoms with Gasteiger partial charge in [-0.1, -0.05) is 143 Å². The maximum Gasteiger partial charge on any atom is 0.306 e. The van der Waals surface area contributed by atoms with Gasteiger partial charge in [0, 0.05) is 25.7 Å². The van der Waals surface area contributed by atoms with Gasteiger partial charge >= 0.3 is 23.9 Å². The van der Waals surface area contributed by atoms with Gasteiger partial charge in [0.25, 0.3) is 0 Å². The number of hydrogen-bond donors (Lipinski definition) is 0. The summed E-state index contributed by atoms with van der Waals surface area (Å²) >= 11 is 0. The van der Waals surface area contributed by atoms with Crippen LogP contribution in [0.25, 0.3) is 0 Å². The highest BCUT2D eigenvalue weighted by atomic mass is 16.6. The number of ether oxygens (including phenoxy) is 4. The lowest BCUT2D eigenvalue weighted by molar-refractivity contribution is -0.154. The van der Waals surface area contributed by atoms with Crippen LogP contribution in [0, 0.1) is 17.8 Å². The minimum absolute atomic E-state index is 0.0208. The van der Waals surface area contributed by atoms with Crippen LogP contribution in [-0.2, 0) is 38.1 Å². The Hall–Kier alpha value is -2.16. The van der Waals surface area contributed by atoms with Gasteiger partial charge in [0.1, 0.15) is 25.9 Å². The first-order chi connectivity index (χ1) is 26.7. The van der Waals surface area contributed by atoms with Gasteiger partial charge in [0.15, 0.2) is 0 Å². The Morgan fingerprint density at radius 3 is 1.40 bits per heavy atom. The quantitative estimate of drug-likeness (QED) is 0.0346. The molecule has 1 fully saturated rings. The molecule has 9 heteroatoms. The Kier molecular flexibility index (Phi) is 32.4. The van der Waals surface area contributed by atoms with Crippen molar-refractivity contribution < 1.29 is 38.1 Å². The van der Waals surface area contributed by atoms with Gasteiger partial charge in [-0.15, -0.1) is 0 Å². The summed E-state index contributed by atoms with van der Waals surface area (Å²) in [6.45, 7) is 7.58. The van der Waals surface area contributed by atoms with E-state index in [0.29, 0.717) is 19.3 Å². The van der Waals surface area contributed by atoms with E-state index in [1.807, 2.05) is 14.1 Å². The number of carbonyl (C=O) groups excluding carboxylic acids is 4. The van der Waals surface area contributed by atoms with Crippen LogP contribution in [0.5, 0.6) is 0 Å². The van der Waals surface area contributed by atoms with E-state index in [1.165, 1.54) is 77.0 Å². The van der Waals surface area contributed by atoms with Gasteiger partial charge < -0.3 is 23.8 Å². The van der Waals surface area contributed by atoms with Gasteiger partial charge in [-0.2, -0.15) is 0 Å². The Morgan fingerprint density at radius 2 is 0.927 bits per heavy atom. The van der Waals surface area contributed by atoms with E-state index in [4.69, 9.17) is 18.9 Å². The molecule has 0 N–H and O–H groups in total. The fourth-order valence-corrected chi connectivity index (χ4v) is 7.68. The minimum atomic E-state index is -0.428. The fourth-order valence-electron chi connectivity index (χ4n) is 7.68. The molecule has 0 aromatic carbocycles. The molecule has 1 saturated carbocycles. The maximum atomic E-state index is 13.2. The molecule has 1 aliphatic carbocycles. The third-order valence-electron chi connectivity index (χ3n) is 11.2. The third kappa shape index (κ3) is 28.8. The first kappa shape index (κ1) is 50.9. The zero-order valence-corrected chi connectivity index (χ0v) is 36.4. The van der Waals surface area contributed by atoms with E-state index in [0.717, 1.165) is 90.0 Å². The lowest BCUT2D eigenvalue weighted by atomic mass is 9.87. The van der Waals surface area contributed by atoms with E-state index in [2.05, 4.69) is 25.7 Å². The molecule has 0 radical (unpaired) electrons. The van der Waals surface area contributed by atoms with Crippen LogP contribution < -0.4 is 0 Å². The van der Waals surface area contributed by atoms with Crippen molar-refractivity contribution in [2.45, 2.75) is 213 Å². The van der Waals surface area contributed by atoms with Crippen LogP contribution in [0.15, 0.2) is 0 Å². The molecule has 1 rings (SSSR count). The van der Waals surface area contributed by atoms with Gasteiger partial charge in [-0.25, -0.2) is 0 Å². The SMILES string of the molecule is CCCCCCCCCCCC(=O)OCC(COC(=O)CCCCCCCCCCC)COC(=O)CC1CCC(OC(=O)CCCN(C)C)C1CCCCC. The summed E-state index contributed by atoms with van der Waals surface area (Å²) in [7, 11) is 3.99. The second-order valence-corrected chi connectivity index (χ2v) is 16.7. The molecular weight excluding hydrogens is 695 g/mol. The summed E-state index contributed by atoms with van der Waals surface area (Å²) in [4.78, 5) is 53.2. The van der Waals surface area contributed by atoms with Crippen molar-refractivity contribution in [2.75, 3.05) is 40.5 Å². The van der Waals surface area contributed by atoms with E-state index >= 15 is 0 Å². The predicted molar refractivity (Wildman–Crippen MR) is 223 cm³/mol. The molecule has 0 aliphatic heterocycles. The largest absolute Gasteiger partial charge is 0.465 e. The summed E-state index contributed by atoms with van der Waals surface area (Å²) < 4.78 is 23.0. The summed E-state index contributed by atoms with van der Waals surface area (Å²) in [5, 5.41) is 0. The summed E-state index contributed by atoms with van der Waals surface area (Å²) in [5.74, 6) is -1.19. The standard InChI is InChI=1S/C46H85NO8/c1-6-9-12-14-16-18-20-22-25-29-43(48)52-36-39(37-53-44(49)30-26-23-21-19-17-15-13-10-7-2)38-54-46(51)35-40-32-33-42(41(40)28-24-11-8-3)55-45(50)31-27-34-47(4)5/h39-42H,6-38H2,1-5H3. The Balaban J connectivity index is 2.63. The molecule has 0 spiro atoms. The van der Waals surface area contributed by atoms with E-state index in [-0.39, 0.29) is 68.1 Å². The first-order valence-electron chi connectivity index (χ1n) is 23.0. The highest BCUT2D eigenvalue weighted by Gasteiger charge is 2.39. The molecule has 9 nitrogen and oxygen atoms in total. The van der Waals surface area contributed by atoms with Crippen LogP contribution in [0.2, 0.25) is 0 Å². The fraction of sp³-hybridized carbons (Fsp3) is 0.913. The van der Waals surface area contributed by atoms with Crippen LogP contribution in [0.3, 0.4) is 0 Å². The first-order valence-corrected chi connectivity index (χ1v) is 23.0. The van der Waals surface area contributed by atoms with Crippen molar-refractivity contribution in [2.24, 2.45) is 17.8 Å². The van der Waals surface area contributed by atoms with Crippen molar-refractivity contribution >= 4 is 23.9 Å². The molecule has 3 atom stereocenters. The van der Waals surface area contributed by atoms with Crippen molar-refractivity contribution in [3.05, 3.63) is 0 Å². The average molecular weight is 780 g/mol. The molecule has 322 valence electrons. The van der Waals surface area contributed by atoms with Crippen molar-refractivity contribution in [3.63, 3.8) is 0 Å². The molecule has 0 heterocycles. The van der Waals surface area contributed by atoms with E-state index in [9.17, 15) is 19.2 Å². The molecule has 0 amide bonds. The van der Waals surface area contributed by atoms with Gasteiger partial charge in [-0.05, 0) is 71.0 Å². The smallest absolute Gasteiger partial charge is 0.306 e. The van der Waals surface area contributed by atoms with E-state index in [1.54, 1.807) is 0 Å². The Bertz CT molecular complexity index is 934. The predicted octanol–water partition coefficient (Wildman–Crippen LogP) is 11.3. The highest BCUT2D eigenvalue weighted by Crippen LogP contribution is 2.40. The van der Waals surface area contributed by atoms with Gasteiger partial charge in [0.2, 0.25) is 0 Å². The lowest BCUT2D eigenvalue weighted by Gasteiger charge is -2.25. The summed E-state index contributed by atoms with van der Waals surface area (Å²) in [5.41, 5.74) is 0. The number of unbranched alkanes of at least 4 members (excludes halogenated alkanes) is 18. The number of hydrogen-bond acceptors (Lipinski definition) is 9. The molecule has 0 bridgehead atoms. The van der Waals surface area contributed by atoms with Crippen LogP contribution in [-0.4, -0.2) is 75.3 Å². The summed E-state index contributed by atoms with van der Waals surface area (Å²) in [6.07, 6.45) is 28.9. The van der Waals surface area contributed by atoms with Crippen molar-refractivity contribution in [1.82, 2.24) is 4.90 Å². The molecular formula is C46H85NO8. The minimum Gasteiger partial charge on any atom is -0.465 e. The highest BCUT2D eigenvalue weighted by molar-refractivity contribution is 5.71. The molecule has 55 heavy (non-hydrogen) atoms. The van der Waals surface area contributed by atoms with E-state index < -0.39 is 5.92 Å². The number of rotatable bonds is 37. The molecule has 1 aliphatic rings. The molecule has 0 saturated heterocycles. The monoisotopic (exact) mass is 780 g/mol. The molecule has 0 aromatic heterocycles. The van der Waals surface area contributed by atoms with Gasteiger partial charge in [-0.3, -0.25) is 19.2 Å². The molecule has 3 unspecified atom stereocenters. The zero-order valence-electron chi connectivity index (χ0n) is 36.4. The second kappa shape index (κ2) is 35.0. The zero-order chi connectivity index (χ0) is 40.4. The van der Waals surface area contributed by atoms with Crippen LogP contribution in [0.4, 0.5) is 0 Å². The number of carbonyl (C=O) groups is 4. The normalized spacial score (nSPS) is 16.8. The van der Waals surface area contributed by atoms with Crippen LogP contribution in [0.1, 0.15) is 207 Å². The lowest BCUT2D eigenvalue weighted by Crippen LogP contribution is -2.29. The van der Waals surface area contributed by atoms with Crippen molar-refractivity contribution in [1.29, 1.82) is 0 Å². The second-order valence-electron chi connectivity index (χ2n) is 16.7. The number of nitrogens with zero attached hydrogens (tertiary/aromatic N) is 1. The Morgan fingerprint density at radius 1 is 0.509 bits per heavy atom. The maximum absolute atomic E-state index is 13.2. The third-order valence-corrected chi connectivity index (χ3v) is 11.2. The summed E-state index contributed by atoms with van der Waals surface area (Å²) in [6, 6.07) is 0. The number of esters is 4. The van der Waals surface area contributed by atoms with Crippen molar-refractivity contribution in [3.8, 4) is 0 Å². The van der Waals surface area contributed by atoms with Crippen LogP contribution >= 0.6 is 0 Å². The molecule has 0 aromatic rings. The topological polar surface area (TPSA) is 108 Å². The Labute approximate surface area is 337 Å². The average Bonchev–Trinajstić information content (AvgIpc) is 3.52.